The molecular formula is C15H20FNO3. The van der Waals surface area contributed by atoms with Gasteiger partial charge in [0.1, 0.15) is 5.82 Å². The van der Waals surface area contributed by atoms with Crippen molar-refractivity contribution in [1.29, 1.82) is 0 Å². The van der Waals surface area contributed by atoms with Crippen LogP contribution in [0.3, 0.4) is 0 Å². The Morgan fingerprint density at radius 3 is 2.75 bits per heavy atom. The van der Waals surface area contributed by atoms with Gasteiger partial charge in [-0.3, -0.25) is 9.59 Å². The lowest BCUT2D eigenvalue weighted by Crippen LogP contribution is -2.24. The molecule has 0 radical (unpaired) electrons. The van der Waals surface area contributed by atoms with Crippen molar-refractivity contribution in [3.05, 3.63) is 35.6 Å². The van der Waals surface area contributed by atoms with Gasteiger partial charge in [-0.05, 0) is 38.0 Å². The number of rotatable bonds is 8. The van der Waals surface area contributed by atoms with Crippen molar-refractivity contribution < 1.29 is 18.7 Å². The topological polar surface area (TPSA) is 55.4 Å². The monoisotopic (exact) mass is 281 g/mol. The predicted octanol–water partition coefficient (Wildman–Crippen LogP) is 2.68. The van der Waals surface area contributed by atoms with E-state index in [0.717, 1.165) is 19.3 Å². The zero-order valence-corrected chi connectivity index (χ0v) is 11.7. The highest BCUT2D eigenvalue weighted by Gasteiger charge is 2.05. The van der Waals surface area contributed by atoms with Gasteiger partial charge in [-0.25, -0.2) is 4.39 Å². The van der Waals surface area contributed by atoms with Crippen LogP contribution < -0.4 is 5.32 Å². The second kappa shape index (κ2) is 9.07. The predicted molar refractivity (Wildman–Crippen MR) is 73.8 cm³/mol. The zero-order chi connectivity index (χ0) is 14.8. The number of carbonyl (C=O) groups is 2. The number of esters is 1. The smallest absolute Gasteiger partial charge is 0.305 e. The van der Waals surface area contributed by atoms with E-state index in [1.807, 2.05) is 0 Å². The van der Waals surface area contributed by atoms with E-state index in [1.165, 1.54) is 18.2 Å². The number of ether oxygens (including phenoxy) is 1. The molecule has 0 heterocycles. The molecule has 0 aliphatic carbocycles. The average Bonchev–Trinajstić information content (AvgIpc) is 2.42. The Balaban J connectivity index is 2.12. The zero-order valence-electron chi connectivity index (χ0n) is 11.7. The van der Waals surface area contributed by atoms with Gasteiger partial charge in [-0.15, -0.1) is 0 Å². The molecule has 0 unspecified atom stereocenters. The summed E-state index contributed by atoms with van der Waals surface area (Å²) in [5.41, 5.74) is 0.316. The summed E-state index contributed by atoms with van der Waals surface area (Å²) < 4.78 is 17.7. The molecule has 0 aromatic heterocycles. The number of halogens is 1. The molecule has 0 fully saturated rings. The van der Waals surface area contributed by atoms with Crippen LogP contribution in [0.4, 0.5) is 4.39 Å². The first-order chi connectivity index (χ1) is 9.63. The fourth-order valence-electron chi connectivity index (χ4n) is 1.74. The number of nitrogens with one attached hydrogen (secondary N) is 1. The molecular weight excluding hydrogens is 261 g/mol. The van der Waals surface area contributed by atoms with Crippen LogP contribution in [-0.4, -0.2) is 25.0 Å². The first-order valence-corrected chi connectivity index (χ1v) is 6.83. The first-order valence-electron chi connectivity index (χ1n) is 6.83. The van der Waals surface area contributed by atoms with E-state index in [0.29, 0.717) is 25.1 Å². The summed E-state index contributed by atoms with van der Waals surface area (Å²) in [6.45, 7) is 2.69. The van der Waals surface area contributed by atoms with Crippen LogP contribution in [0.25, 0.3) is 0 Å². The van der Waals surface area contributed by atoms with Crippen molar-refractivity contribution in [3.63, 3.8) is 0 Å². The van der Waals surface area contributed by atoms with Crippen molar-refractivity contribution in [1.82, 2.24) is 5.32 Å². The molecule has 1 rings (SSSR count). The van der Waals surface area contributed by atoms with E-state index in [2.05, 4.69) is 5.32 Å². The largest absolute Gasteiger partial charge is 0.466 e. The van der Waals surface area contributed by atoms with Crippen LogP contribution in [0.1, 0.15) is 43.0 Å². The van der Waals surface area contributed by atoms with Crippen molar-refractivity contribution in [2.75, 3.05) is 13.2 Å². The Morgan fingerprint density at radius 1 is 1.25 bits per heavy atom. The van der Waals surface area contributed by atoms with Crippen LogP contribution in [0, 0.1) is 5.82 Å². The molecule has 20 heavy (non-hydrogen) atoms. The third-order valence-corrected chi connectivity index (χ3v) is 2.74. The Kier molecular flexibility index (Phi) is 7.32. The lowest BCUT2D eigenvalue weighted by molar-refractivity contribution is -0.143. The van der Waals surface area contributed by atoms with Crippen molar-refractivity contribution in [2.45, 2.75) is 32.6 Å². The van der Waals surface area contributed by atoms with E-state index in [1.54, 1.807) is 13.0 Å². The minimum Gasteiger partial charge on any atom is -0.466 e. The van der Waals surface area contributed by atoms with Gasteiger partial charge < -0.3 is 10.1 Å². The van der Waals surface area contributed by atoms with Crippen LogP contribution in [-0.2, 0) is 9.53 Å². The summed E-state index contributed by atoms with van der Waals surface area (Å²) in [6.07, 6.45) is 2.77. The molecule has 0 bridgehead atoms. The van der Waals surface area contributed by atoms with E-state index in [9.17, 15) is 14.0 Å². The number of carbonyl (C=O) groups excluding carboxylic acids is 2. The molecule has 0 saturated heterocycles. The fourth-order valence-corrected chi connectivity index (χ4v) is 1.74. The molecule has 110 valence electrons. The summed E-state index contributed by atoms with van der Waals surface area (Å²) in [7, 11) is 0. The number of unbranched alkanes of at least 4 members (excludes halogenated alkanes) is 2. The molecule has 0 aliphatic heterocycles. The molecule has 4 nitrogen and oxygen atoms in total. The Morgan fingerprint density at radius 2 is 2.05 bits per heavy atom. The van der Waals surface area contributed by atoms with E-state index < -0.39 is 5.82 Å². The Labute approximate surface area is 118 Å². The maximum atomic E-state index is 12.9. The van der Waals surface area contributed by atoms with Gasteiger partial charge in [-0.2, -0.15) is 0 Å². The number of benzene rings is 1. The first kappa shape index (κ1) is 16.1. The molecule has 0 aliphatic rings. The Bertz CT molecular complexity index is 448. The minimum atomic E-state index is -0.424. The van der Waals surface area contributed by atoms with Crippen LogP contribution >= 0.6 is 0 Å². The molecule has 0 spiro atoms. The SMILES string of the molecule is CCOC(=O)CCCCCNC(=O)c1cccc(F)c1. The second-order valence-electron chi connectivity index (χ2n) is 4.38. The van der Waals surface area contributed by atoms with Crippen molar-refractivity contribution >= 4 is 11.9 Å². The molecule has 0 saturated carbocycles. The van der Waals surface area contributed by atoms with Gasteiger partial charge >= 0.3 is 5.97 Å². The maximum absolute atomic E-state index is 12.9. The van der Waals surface area contributed by atoms with Gasteiger partial charge in [-0.1, -0.05) is 12.5 Å². The van der Waals surface area contributed by atoms with Crippen LogP contribution in [0.5, 0.6) is 0 Å². The normalized spacial score (nSPS) is 10.1. The third kappa shape index (κ3) is 6.31. The van der Waals surface area contributed by atoms with Crippen LogP contribution in [0.15, 0.2) is 24.3 Å². The quantitative estimate of drug-likeness (QED) is 0.589. The third-order valence-electron chi connectivity index (χ3n) is 2.74. The standard InChI is InChI=1S/C15H20FNO3/c1-2-20-14(18)9-4-3-5-10-17-15(19)12-7-6-8-13(16)11-12/h6-8,11H,2-5,9-10H2,1H3,(H,17,19). The number of hydrogen-bond acceptors (Lipinski definition) is 3. The van der Waals surface area contributed by atoms with Crippen molar-refractivity contribution in [3.8, 4) is 0 Å². The van der Waals surface area contributed by atoms with Gasteiger partial charge in [0.05, 0.1) is 6.61 Å². The molecule has 1 aromatic rings. The Hall–Kier alpha value is -1.91. The summed E-state index contributed by atoms with van der Waals surface area (Å²) in [4.78, 5) is 22.7. The molecule has 5 heteroatoms. The lowest BCUT2D eigenvalue weighted by Gasteiger charge is -2.05. The molecule has 0 atom stereocenters. The highest BCUT2D eigenvalue weighted by molar-refractivity contribution is 5.94. The van der Waals surface area contributed by atoms with Gasteiger partial charge in [0, 0.05) is 18.5 Å². The van der Waals surface area contributed by atoms with E-state index in [-0.39, 0.29) is 11.9 Å². The van der Waals surface area contributed by atoms with Gasteiger partial charge in [0.25, 0.3) is 5.91 Å². The highest BCUT2D eigenvalue weighted by Crippen LogP contribution is 2.04. The minimum absolute atomic E-state index is 0.184. The number of amides is 1. The summed E-state index contributed by atoms with van der Waals surface area (Å²) in [5, 5.41) is 2.72. The second-order valence-corrected chi connectivity index (χ2v) is 4.38. The summed E-state index contributed by atoms with van der Waals surface area (Å²) in [5.74, 6) is -0.890. The summed E-state index contributed by atoms with van der Waals surface area (Å²) in [6, 6.07) is 5.57. The van der Waals surface area contributed by atoms with Gasteiger partial charge in [0.2, 0.25) is 0 Å². The van der Waals surface area contributed by atoms with E-state index >= 15 is 0 Å². The molecule has 1 N–H and O–H groups in total. The molecule has 1 amide bonds. The summed E-state index contributed by atoms with van der Waals surface area (Å²) >= 11 is 0. The number of hydrogen-bond donors (Lipinski definition) is 1. The maximum Gasteiger partial charge on any atom is 0.305 e. The average molecular weight is 281 g/mol. The molecule has 1 aromatic carbocycles. The van der Waals surface area contributed by atoms with Gasteiger partial charge in [0.15, 0.2) is 0 Å². The lowest BCUT2D eigenvalue weighted by atomic mass is 10.2. The highest BCUT2D eigenvalue weighted by atomic mass is 19.1. The van der Waals surface area contributed by atoms with Crippen molar-refractivity contribution in [2.24, 2.45) is 0 Å². The fraction of sp³-hybridized carbons (Fsp3) is 0.467. The van der Waals surface area contributed by atoms with Crippen LogP contribution in [0.2, 0.25) is 0 Å². The van der Waals surface area contributed by atoms with E-state index in [4.69, 9.17) is 4.74 Å².